The van der Waals surface area contributed by atoms with E-state index >= 15 is 0 Å². The van der Waals surface area contributed by atoms with Crippen molar-refractivity contribution in [2.24, 2.45) is 23.2 Å². The molecule has 202 valence electrons. The second kappa shape index (κ2) is 9.33. The molecule has 38 heavy (non-hydrogen) atoms. The molecule has 2 aliphatic carbocycles. The van der Waals surface area contributed by atoms with E-state index in [2.05, 4.69) is 66.1 Å². The fourth-order valence-electron chi connectivity index (χ4n) is 8.82. The molecule has 3 aliphatic heterocycles. The standard InChI is InChI=1S/C32H39ClN2O3/c1-21-7-6-14-31(2)19-26-27(29-32(21,31)38-29)25(30(36)37-26)20-34-15-17-35(18-16-34)28(22-8-4-3-5-9-22)23-10-12-24(33)13-11-23/h3-5,8-13,21,25-29H,6-7,14-20H2,1-2H3/t21-,25-,26+,27+,28+,29-,31+,32-/m0/s1. The molecule has 6 heteroatoms. The highest BCUT2D eigenvalue weighted by Gasteiger charge is 2.78. The Labute approximate surface area is 231 Å². The third-order valence-electron chi connectivity index (χ3n) is 10.7. The number of hydrogen-bond donors (Lipinski definition) is 0. The van der Waals surface area contributed by atoms with Gasteiger partial charge < -0.3 is 9.47 Å². The van der Waals surface area contributed by atoms with Gasteiger partial charge in [-0.15, -0.1) is 0 Å². The number of benzene rings is 2. The maximum absolute atomic E-state index is 13.2. The van der Waals surface area contributed by atoms with Crippen molar-refractivity contribution in [3.05, 3.63) is 70.7 Å². The number of halogens is 1. The lowest BCUT2D eigenvalue weighted by molar-refractivity contribution is -0.146. The van der Waals surface area contributed by atoms with E-state index in [1.54, 1.807) is 0 Å². The minimum Gasteiger partial charge on any atom is -0.462 e. The molecule has 3 heterocycles. The zero-order valence-corrected chi connectivity index (χ0v) is 23.3. The van der Waals surface area contributed by atoms with Gasteiger partial charge in [0.2, 0.25) is 0 Å². The molecule has 0 N–H and O–H groups in total. The van der Waals surface area contributed by atoms with E-state index in [-0.39, 0.29) is 47.1 Å². The normalized spacial score (nSPS) is 39.6. The van der Waals surface area contributed by atoms with Gasteiger partial charge in [0.25, 0.3) is 0 Å². The van der Waals surface area contributed by atoms with E-state index in [9.17, 15) is 4.79 Å². The predicted octanol–water partition coefficient (Wildman–Crippen LogP) is 5.57. The van der Waals surface area contributed by atoms with Crippen molar-refractivity contribution in [2.45, 2.75) is 63.4 Å². The number of carbonyl (C=O) groups excluding carboxylic acids is 1. The molecule has 3 saturated heterocycles. The average Bonchev–Trinajstić information content (AvgIpc) is 3.61. The summed E-state index contributed by atoms with van der Waals surface area (Å²) in [6.45, 7) is 9.35. The van der Waals surface area contributed by atoms with Crippen LogP contribution in [0.5, 0.6) is 0 Å². The lowest BCUT2D eigenvalue weighted by Crippen LogP contribution is -2.55. The Morgan fingerprint density at radius 2 is 1.74 bits per heavy atom. The van der Waals surface area contributed by atoms with Crippen LogP contribution in [0.3, 0.4) is 0 Å². The van der Waals surface area contributed by atoms with Gasteiger partial charge in [-0.3, -0.25) is 14.6 Å². The number of ether oxygens (including phenoxy) is 2. The van der Waals surface area contributed by atoms with Gasteiger partial charge in [0.15, 0.2) is 0 Å². The zero-order valence-electron chi connectivity index (χ0n) is 22.5. The van der Waals surface area contributed by atoms with Gasteiger partial charge in [0.1, 0.15) is 11.7 Å². The summed E-state index contributed by atoms with van der Waals surface area (Å²) in [6.07, 6.45) is 4.87. The Balaban J connectivity index is 1.05. The Hall–Kier alpha value is -1.92. The smallest absolute Gasteiger partial charge is 0.311 e. The van der Waals surface area contributed by atoms with Crippen LogP contribution >= 0.6 is 11.6 Å². The van der Waals surface area contributed by atoms with E-state index in [1.165, 1.54) is 30.4 Å². The number of carbonyl (C=O) groups is 1. The molecule has 0 bridgehead atoms. The molecular formula is C32H39ClN2O3. The Morgan fingerprint density at radius 3 is 2.47 bits per heavy atom. The van der Waals surface area contributed by atoms with Crippen LogP contribution in [-0.2, 0) is 14.3 Å². The summed E-state index contributed by atoms with van der Waals surface area (Å²) in [6, 6.07) is 19.2. The van der Waals surface area contributed by atoms with E-state index in [0.29, 0.717) is 5.92 Å². The molecule has 2 aromatic rings. The monoisotopic (exact) mass is 534 g/mol. The first-order chi connectivity index (χ1) is 18.4. The minimum atomic E-state index is -0.0733. The van der Waals surface area contributed by atoms with Gasteiger partial charge in [0.05, 0.1) is 18.1 Å². The fraction of sp³-hybridized carbons (Fsp3) is 0.594. The number of fused-ring (bicyclic) bond motifs is 2. The first kappa shape index (κ1) is 25.1. The van der Waals surface area contributed by atoms with Gasteiger partial charge in [-0.1, -0.05) is 74.3 Å². The van der Waals surface area contributed by atoms with Crippen molar-refractivity contribution in [3.63, 3.8) is 0 Å². The molecule has 8 atom stereocenters. The topological polar surface area (TPSA) is 45.3 Å². The van der Waals surface area contributed by atoms with Gasteiger partial charge in [-0.05, 0) is 48.4 Å². The lowest BCUT2D eigenvalue weighted by atomic mass is 9.53. The van der Waals surface area contributed by atoms with E-state index in [1.807, 2.05) is 12.1 Å². The third-order valence-corrected chi connectivity index (χ3v) is 11.0. The van der Waals surface area contributed by atoms with Crippen molar-refractivity contribution >= 4 is 17.6 Å². The van der Waals surface area contributed by atoms with Gasteiger partial charge >= 0.3 is 5.97 Å². The summed E-state index contributed by atoms with van der Waals surface area (Å²) in [5, 5.41) is 0.763. The average molecular weight is 535 g/mol. The first-order valence-corrected chi connectivity index (χ1v) is 14.9. The van der Waals surface area contributed by atoms with Crippen LogP contribution in [0.25, 0.3) is 0 Å². The maximum atomic E-state index is 13.2. The Kier molecular flexibility index (Phi) is 6.16. The molecule has 5 aliphatic rings. The Morgan fingerprint density at radius 1 is 1.03 bits per heavy atom. The predicted molar refractivity (Wildman–Crippen MR) is 148 cm³/mol. The number of esters is 1. The van der Waals surface area contributed by atoms with E-state index < -0.39 is 0 Å². The maximum Gasteiger partial charge on any atom is 0.311 e. The summed E-state index contributed by atoms with van der Waals surface area (Å²) in [5.41, 5.74) is 2.68. The zero-order chi connectivity index (χ0) is 26.1. The highest BCUT2D eigenvalue weighted by molar-refractivity contribution is 6.30. The number of epoxide rings is 1. The molecule has 2 saturated carbocycles. The van der Waals surface area contributed by atoms with Crippen molar-refractivity contribution < 1.29 is 14.3 Å². The van der Waals surface area contributed by atoms with Crippen molar-refractivity contribution in [1.29, 1.82) is 0 Å². The van der Waals surface area contributed by atoms with Crippen LogP contribution in [0.1, 0.15) is 56.7 Å². The molecule has 0 aromatic heterocycles. The second-order valence-electron chi connectivity index (χ2n) is 12.8. The minimum absolute atomic E-state index is 0.00584. The molecule has 1 spiro atoms. The molecule has 5 fully saturated rings. The molecule has 2 aromatic carbocycles. The number of nitrogens with zero attached hydrogens (tertiary/aromatic N) is 2. The molecule has 0 unspecified atom stereocenters. The van der Waals surface area contributed by atoms with Crippen LogP contribution in [0.2, 0.25) is 5.02 Å². The number of hydrogen-bond acceptors (Lipinski definition) is 5. The van der Waals surface area contributed by atoms with E-state index in [0.717, 1.165) is 44.2 Å². The summed E-state index contributed by atoms with van der Waals surface area (Å²) < 4.78 is 12.7. The largest absolute Gasteiger partial charge is 0.462 e. The van der Waals surface area contributed by atoms with Crippen LogP contribution in [0.4, 0.5) is 0 Å². The SMILES string of the molecule is C[C@H]1CCC[C@]2(C)C[C@H]3OC(=O)[C@@H](CN4CCN([C@H](c5ccccc5)c5ccc(Cl)cc5)CC4)[C@H]3[C@@H]3O[C@@]132. The molecule has 5 nitrogen and oxygen atoms in total. The van der Waals surface area contributed by atoms with Gasteiger partial charge in [-0.2, -0.15) is 0 Å². The fourth-order valence-corrected chi connectivity index (χ4v) is 8.95. The second-order valence-corrected chi connectivity index (χ2v) is 13.2. The van der Waals surface area contributed by atoms with Gasteiger partial charge in [0, 0.05) is 49.1 Å². The van der Waals surface area contributed by atoms with Crippen molar-refractivity contribution in [3.8, 4) is 0 Å². The van der Waals surface area contributed by atoms with Crippen LogP contribution in [-0.4, -0.2) is 66.3 Å². The highest BCUT2D eigenvalue weighted by atomic mass is 35.5. The molecule has 0 amide bonds. The lowest BCUT2D eigenvalue weighted by Gasteiger charge is -2.49. The van der Waals surface area contributed by atoms with Crippen LogP contribution in [0, 0.1) is 23.2 Å². The highest BCUT2D eigenvalue weighted by Crippen LogP contribution is 2.70. The third kappa shape index (κ3) is 3.88. The summed E-state index contributed by atoms with van der Waals surface area (Å²) >= 11 is 6.21. The summed E-state index contributed by atoms with van der Waals surface area (Å²) in [4.78, 5) is 18.3. The summed E-state index contributed by atoms with van der Waals surface area (Å²) in [7, 11) is 0. The van der Waals surface area contributed by atoms with Crippen molar-refractivity contribution in [1.82, 2.24) is 9.80 Å². The number of rotatable bonds is 5. The van der Waals surface area contributed by atoms with Crippen LogP contribution in [0.15, 0.2) is 54.6 Å². The quantitative estimate of drug-likeness (QED) is 0.370. The van der Waals surface area contributed by atoms with Crippen molar-refractivity contribution in [2.75, 3.05) is 32.7 Å². The first-order valence-electron chi connectivity index (χ1n) is 14.5. The molecule has 0 radical (unpaired) electrons. The molecular weight excluding hydrogens is 496 g/mol. The summed E-state index contributed by atoms with van der Waals surface area (Å²) in [5.74, 6) is 0.706. The molecule has 7 rings (SSSR count). The van der Waals surface area contributed by atoms with Gasteiger partial charge in [-0.25, -0.2) is 0 Å². The number of piperazine rings is 1. The van der Waals surface area contributed by atoms with Crippen LogP contribution < -0.4 is 0 Å². The Bertz CT molecular complexity index is 1180. The van der Waals surface area contributed by atoms with E-state index in [4.69, 9.17) is 21.1 Å².